The van der Waals surface area contributed by atoms with E-state index in [1.165, 1.54) is 63.5 Å². The van der Waals surface area contributed by atoms with Crippen LogP contribution in [0.25, 0.3) is 0 Å². The average molecular weight is 316 g/mol. The van der Waals surface area contributed by atoms with Gasteiger partial charge >= 0.3 is 0 Å². The minimum atomic E-state index is 0.500. The molecule has 1 saturated heterocycles. The van der Waals surface area contributed by atoms with Crippen LogP contribution in [0.2, 0.25) is 0 Å². The van der Waals surface area contributed by atoms with Gasteiger partial charge in [0.05, 0.1) is 0 Å². The second kappa shape index (κ2) is 5.83. The van der Waals surface area contributed by atoms with E-state index in [1.807, 2.05) is 0 Å². The standard InChI is InChI=1S/C16H30BrN/c1-15(2,3)14-6-4-10-18(11-7-14)13-16(12-17)8-5-9-16/h14H,4-13H2,1-3H3. The van der Waals surface area contributed by atoms with Crippen LogP contribution in [0.1, 0.15) is 59.3 Å². The lowest BCUT2D eigenvalue weighted by molar-refractivity contribution is 0.0909. The molecule has 0 aromatic carbocycles. The molecule has 2 aliphatic rings. The predicted molar refractivity (Wildman–Crippen MR) is 83.3 cm³/mol. The zero-order chi connectivity index (χ0) is 13.2. The third kappa shape index (κ3) is 3.50. The quantitative estimate of drug-likeness (QED) is 0.682. The van der Waals surface area contributed by atoms with E-state index in [1.54, 1.807) is 0 Å². The minimum Gasteiger partial charge on any atom is -0.303 e. The SMILES string of the molecule is CC(C)(C)C1CCCN(CC2(CBr)CCC2)CC1. The van der Waals surface area contributed by atoms with Crippen LogP contribution in [0.5, 0.6) is 0 Å². The first-order chi connectivity index (χ1) is 8.45. The Morgan fingerprint density at radius 1 is 1.11 bits per heavy atom. The highest BCUT2D eigenvalue weighted by atomic mass is 79.9. The zero-order valence-electron chi connectivity index (χ0n) is 12.5. The van der Waals surface area contributed by atoms with Crippen molar-refractivity contribution in [1.29, 1.82) is 0 Å². The fraction of sp³-hybridized carbons (Fsp3) is 1.00. The maximum Gasteiger partial charge on any atom is 0.0100 e. The topological polar surface area (TPSA) is 3.24 Å². The molecular weight excluding hydrogens is 286 g/mol. The molecule has 0 aromatic rings. The van der Waals surface area contributed by atoms with Crippen molar-refractivity contribution in [2.24, 2.45) is 16.7 Å². The summed E-state index contributed by atoms with van der Waals surface area (Å²) >= 11 is 3.75. The Kier molecular flexibility index (Phi) is 4.80. The number of hydrogen-bond acceptors (Lipinski definition) is 1. The average Bonchev–Trinajstić information content (AvgIpc) is 2.48. The fourth-order valence-electron chi connectivity index (χ4n) is 3.67. The number of likely N-dealkylation sites (tertiary alicyclic amines) is 1. The van der Waals surface area contributed by atoms with Gasteiger partial charge in [0.15, 0.2) is 0 Å². The molecule has 1 aliphatic carbocycles. The fourth-order valence-corrected chi connectivity index (χ4v) is 4.40. The van der Waals surface area contributed by atoms with Crippen molar-refractivity contribution in [2.75, 3.05) is 25.0 Å². The molecule has 1 unspecified atom stereocenters. The van der Waals surface area contributed by atoms with Crippen molar-refractivity contribution in [2.45, 2.75) is 59.3 Å². The molecule has 1 aliphatic heterocycles. The maximum absolute atomic E-state index is 3.75. The highest BCUT2D eigenvalue weighted by Crippen LogP contribution is 2.43. The van der Waals surface area contributed by atoms with Crippen molar-refractivity contribution in [3.63, 3.8) is 0 Å². The number of alkyl halides is 1. The lowest BCUT2D eigenvalue weighted by atomic mass is 9.70. The minimum absolute atomic E-state index is 0.500. The monoisotopic (exact) mass is 315 g/mol. The molecule has 0 spiro atoms. The summed E-state index contributed by atoms with van der Waals surface area (Å²) in [6.07, 6.45) is 8.57. The molecule has 2 fully saturated rings. The molecule has 0 amide bonds. The molecule has 106 valence electrons. The molecule has 1 saturated carbocycles. The Hall–Kier alpha value is 0.440. The van der Waals surface area contributed by atoms with Gasteiger partial charge < -0.3 is 4.90 Å². The van der Waals surface area contributed by atoms with Gasteiger partial charge in [-0.15, -0.1) is 0 Å². The third-order valence-electron chi connectivity index (χ3n) is 5.30. The van der Waals surface area contributed by atoms with E-state index in [2.05, 4.69) is 41.6 Å². The summed E-state index contributed by atoms with van der Waals surface area (Å²) in [6.45, 7) is 11.3. The van der Waals surface area contributed by atoms with E-state index in [0.29, 0.717) is 10.8 Å². The first kappa shape index (κ1) is 14.8. The molecule has 0 bridgehead atoms. The van der Waals surface area contributed by atoms with Crippen LogP contribution >= 0.6 is 15.9 Å². The Balaban J connectivity index is 1.85. The van der Waals surface area contributed by atoms with Crippen molar-refractivity contribution in [3.05, 3.63) is 0 Å². The van der Waals surface area contributed by atoms with Crippen LogP contribution in [0, 0.1) is 16.7 Å². The van der Waals surface area contributed by atoms with Gasteiger partial charge in [-0.1, -0.05) is 43.1 Å². The maximum atomic E-state index is 3.75. The van der Waals surface area contributed by atoms with Gasteiger partial charge in [-0.3, -0.25) is 0 Å². The summed E-state index contributed by atoms with van der Waals surface area (Å²) in [7, 11) is 0. The van der Waals surface area contributed by atoms with Crippen LogP contribution < -0.4 is 0 Å². The second-order valence-electron chi connectivity index (χ2n) is 7.76. The molecule has 1 nitrogen and oxygen atoms in total. The van der Waals surface area contributed by atoms with Gasteiger partial charge in [0, 0.05) is 11.9 Å². The van der Waals surface area contributed by atoms with Crippen LogP contribution in [0.15, 0.2) is 0 Å². The molecule has 0 N–H and O–H groups in total. The van der Waals surface area contributed by atoms with Crippen LogP contribution in [0.4, 0.5) is 0 Å². The van der Waals surface area contributed by atoms with E-state index in [9.17, 15) is 0 Å². The van der Waals surface area contributed by atoms with Crippen LogP contribution in [0.3, 0.4) is 0 Å². The highest BCUT2D eigenvalue weighted by molar-refractivity contribution is 9.09. The Morgan fingerprint density at radius 3 is 2.33 bits per heavy atom. The first-order valence-electron chi connectivity index (χ1n) is 7.74. The number of hydrogen-bond donors (Lipinski definition) is 0. The molecule has 2 rings (SSSR count). The second-order valence-corrected chi connectivity index (χ2v) is 8.32. The smallest absolute Gasteiger partial charge is 0.0100 e. The van der Waals surface area contributed by atoms with E-state index in [4.69, 9.17) is 0 Å². The van der Waals surface area contributed by atoms with E-state index >= 15 is 0 Å². The lowest BCUT2D eigenvalue weighted by Crippen LogP contribution is -2.44. The summed E-state index contributed by atoms with van der Waals surface area (Å²) in [5.74, 6) is 0.920. The van der Waals surface area contributed by atoms with Crippen LogP contribution in [-0.2, 0) is 0 Å². The molecule has 1 atom stereocenters. The van der Waals surface area contributed by atoms with Gasteiger partial charge in [-0.25, -0.2) is 0 Å². The van der Waals surface area contributed by atoms with Crippen molar-refractivity contribution in [1.82, 2.24) is 4.90 Å². The Labute approximate surface area is 122 Å². The molecule has 0 radical (unpaired) electrons. The first-order valence-corrected chi connectivity index (χ1v) is 8.86. The normalized spacial score (nSPS) is 29.7. The summed E-state index contributed by atoms with van der Waals surface area (Å²) < 4.78 is 0. The van der Waals surface area contributed by atoms with Gasteiger partial charge in [-0.05, 0) is 61.9 Å². The van der Waals surface area contributed by atoms with Crippen molar-refractivity contribution in [3.8, 4) is 0 Å². The largest absolute Gasteiger partial charge is 0.303 e. The molecule has 2 heteroatoms. The summed E-state index contributed by atoms with van der Waals surface area (Å²) in [5.41, 5.74) is 1.13. The Bertz CT molecular complexity index is 259. The van der Waals surface area contributed by atoms with Crippen molar-refractivity contribution < 1.29 is 0 Å². The predicted octanol–water partition coefficient (Wildman–Crippen LogP) is 4.70. The van der Waals surface area contributed by atoms with Gasteiger partial charge in [0.2, 0.25) is 0 Å². The summed E-state index contributed by atoms with van der Waals surface area (Å²) in [6, 6.07) is 0. The molecule has 0 aromatic heterocycles. The van der Waals surface area contributed by atoms with Gasteiger partial charge in [0.25, 0.3) is 0 Å². The molecular formula is C16H30BrN. The molecule has 1 heterocycles. The van der Waals surface area contributed by atoms with Crippen molar-refractivity contribution >= 4 is 15.9 Å². The zero-order valence-corrected chi connectivity index (χ0v) is 14.1. The number of rotatable bonds is 3. The van der Waals surface area contributed by atoms with E-state index < -0.39 is 0 Å². The molecule has 18 heavy (non-hydrogen) atoms. The summed E-state index contributed by atoms with van der Waals surface area (Å²) in [5, 5.41) is 1.21. The van der Waals surface area contributed by atoms with Gasteiger partial charge in [-0.2, -0.15) is 0 Å². The lowest BCUT2D eigenvalue weighted by Gasteiger charge is -2.44. The highest BCUT2D eigenvalue weighted by Gasteiger charge is 2.38. The van der Waals surface area contributed by atoms with E-state index in [-0.39, 0.29) is 0 Å². The van der Waals surface area contributed by atoms with Crippen LogP contribution in [-0.4, -0.2) is 29.9 Å². The number of halogens is 1. The third-order valence-corrected chi connectivity index (χ3v) is 6.49. The number of nitrogens with zero attached hydrogens (tertiary/aromatic N) is 1. The van der Waals surface area contributed by atoms with E-state index in [0.717, 1.165) is 5.92 Å². The summed E-state index contributed by atoms with van der Waals surface area (Å²) in [4.78, 5) is 2.76. The van der Waals surface area contributed by atoms with Gasteiger partial charge in [0.1, 0.15) is 0 Å². The Morgan fingerprint density at radius 2 is 1.83 bits per heavy atom.